The molecule has 1 aromatic carbocycles. The third-order valence-corrected chi connectivity index (χ3v) is 4.92. The second-order valence-electron chi connectivity index (χ2n) is 6.73. The largest absolute Gasteiger partial charge is 0.493 e. The van der Waals surface area contributed by atoms with Gasteiger partial charge in [-0.25, -0.2) is 0 Å². The van der Waals surface area contributed by atoms with Crippen molar-refractivity contribution < 1.29 is 13.8 Å². The van der Waals surface area contributed by atoms with Gasteiger partial charge in [0.2, 0.25) is 0 Å². The maximum Gasteiger partial charge on any atom is 0.331 e. The van der Waals surface area contributed by atoms with Gasteiger partial charge in [-0.15, -0.1) is 0 Å². The monoisotopic (exact) mass is 272 g/mol. The van der Waals surface area contributed by atoms with Crippen LogP contribution >= 0.6 is 0 Å². The first-order valence-corrected chi connectivity index (χ1v) is 7.08. The van der Waals surface area contributed by atoms with Crippen LogP contribution in [0.1, 0.15) is 27.7 Å². The Bertz CT molecular complexity index is 626. The molecule has 3 nitrogen and oxygen atoms in total. The second kappa shape index (κ2) is 4.29. The Balaban J connectivity index is 2.05. The molecule has 4 heteroatoms. The zero-order chi connectivity index (χ0) is 14.5. The molecule has 0 bridgehead atoms. The van der Waals surface area contributed by atoms with Crippen LogP contribution in [0.15, 0.2) is 28.9 Å². The number of rotatable bonds is 2. The summed E-state index contributed by atoms with van der Waals surface area (Å²) in [6, 6.07) is 5.97. The van der Waals surface area contributed by atoms with Gasteiger partial charge in [0.05, 0.1) is 19.0 Å². The van der Waals surface area contributed by atoms with Gasteiger partial charge in [-0.3, -0.25) is 0 Å². The fourth-order valence-corrected chi connectivity index (χ4v) is 2.90. The lowest BCUT2D eigenvalue weighted by molar-refractivity contribution is 0.0375. The van der Waals surface area contributed by atoms with Crippen LogP contribution in [0.25, 0.3) is 11.0 Å². The van der Waals surface area contributed by atoms with E-state index in [4.69, 9.17) is 13.8 Å². The van der Waals surface area contributed by atoms with E-state index < -0.39 is 0 Å². The quantitative estimate of drug-likeness (QED) is 0.784. The first-order chi connectivity index (χ1) is 9.36. The van der Waals surface area contributed by atoms with E-state index in [1.807, 2.05) is 18.4 Å². The van der Waals surface area contributed by atoms with E-state index in [2.05, 4.69) is 33.8 Å². The number of para-hydroxylation sites is 1. The fraction of sp³-hybridized carbons (Fsp3) is 0.500. The maximum atomic E-state index is 6.29. The lowest BCUT2D eigenvalue weighted by Crippen LogP contribution is -2.35. The SMILES string of the molecule is COc1cccc2c(B3CC(C)(C)C(C)(C)O3)coc12. The molecule has 106 valence electrons. The van der Waals surface area contributed by atoms with Crippen LogP contribution in [-0.2, 0) is 4.65 Å². The zero-order valence-corrected chi connectivity index (χ0v) is 12.8. The highest BCUT2D eigenvalue weighted by atomic mass is 16.5. The third kappa shape index (κ3) is 1.86. The van der Waals surface area contributed by atoms with E-state index in [1.165, 1.54) is 0 Å². The van der Waals surface area contributed by atoms with E-state index in [0.29, 0.717) is 0 Å². The Morgan fingerprint density at radius 1 is 1.20 bits per heavy atom. The van der Waals surface area contributed by atoms with Crippen molar-refractivity contribution in [1.82, 2.24) is 0 Å². The minimum Gasteiger partial charge on any atom is -0.493 e. The van der Waals surface area contributed by atoms with Crippen molar-refractivity contribution in [2.75, 3.05) is 7.11 Å². The highest BCUT2D eigenvalue weighted by Crippen LogP contribution is 2.45. The molecule has 0 spiro atoms. The van der Waals surface area contributed by atoms with Crippen LogP contribution in [0.5, 0.6) is 5.75 Å². The molecule has 20 heavy (non-hydrogen) atoms. The van der Waals surface area contributed by atoms with Crippen molar-refractivity contribution in [3.05, 3.63) is 24.5 Å². The van der Waals surface area contributed by atoms with Crippen molar-refractivity contribution in [1.29, 1.82) is 0 Å². The molecule has 1 saturated heterocycles. The molecular formula is C16H21BO3. The molecule has 1 aliphatic heterocycles. The van der Waals surface area contributed by atoms with E-state index in [0.717, 1.165) is 28.5 Å². The molecule has 0 unspecified atom stereocenters. The summed E-state index contributed by atoms with van der Waals surface area (Å²) in [5.74, 6) is 0.769. The Labute approximate surface area is 120 Å². The molecule has 0 aliphatic carbocycles. The van der Waals surface area contributed by atoms with Gasteiger partial charge in [-0.2, -0.15) is 0 Å². The molecule has 3 rings (SSSR count). The predicted molar refractivity (Wildman–Crippen MR) is 81.9 cm³/mol. The van der Waals surface area contributed by atoms with Gasteiger partial charge in [0.25, 0.3) is 0 Å². The third-order valence-electron chi connectivity index (χ3n) is 4.92. The van der Waals surface area contributed by atoms with Gasteiger partial charge < -0.3 is 13.8 Å². The maximum absolute atomic E-state index is 6.29. The Hall–Kier alpha value is -1.42. The molecule has 0 amide bonds. The molecule has 2 aromatic rings. The summed E-state index contributed by atoms with van der Waals surface area (Å²) in [6.45, 7) is 8.92. The number of benzene rings is 1. The van der Waals surface area contributed by atoms with Gasteiger partial charge in [-0.1, -0.05) is 26.0 Å². The molecule has 0 atom stereocenters. The zero-order valence-electron chi connectivity index (χ0n) is 12.8. The summed E-state index contributed by atoms with van der Waals surface area (Å²) in [6.07, 6.45) is 2.81. The van der Waals surface area contributed by atoms with Crippen molar-refractivity contribution >= 4 is 23.3 Å². The van der Waals surface area contributed by atoms with Crippen LogP contribution < -0.4 is 10.2 Å². The minimum atomic E-state index is -0.139. The number of furan rings is 1. The van der Waals surface area contributed by atoms with Crippen molar-refractivity contribution in [3.63, 3.8) is 0 Å². The minimum absolute atomic E-state index is 0.0772. The summed E-state index contributed by atoms with van der Waals surface area (Å²) < 4.78 is 17.4. The average molecular weight is 272 g/mol. The molecular weight excluding hydrogens is 251 g/mol. The smallest absolute Gasteiger partial charge is 0.331 e. The number of ether oxygens (including phenoxy) is 1. The molecule has 1 fully saturated rings. The number of hydrogen-bond donors (Lipinski definition) is 0. The predicted octanol–water partition coefficient (Wildman–Crippen LogP) is 3.47. The van der Waals surface area contributed by atoms with Gasteiger partial charge in [-0.05, 0) is 37.1 Å². The van der Waals surface area contributed by atoms with E-state index >= 15 is 0 Å². The van der Waals surface area contributed by atoms with Crippen LogP contribution in [0.3, 0.4) is 0 Å². The van der Waals surface area contributed by atoms with Crippen LogP contribution in [0, 0.1) is 5.41 Å². The summed E-state index contributed by atoms with van der Waals surface area (Å²) in [5, 5.41) is 1.09. The molecule has 1 aromatic heterocycles. The Kier molecular flexibility index (Phi) is 2.91. The molecule has 0 saturated carbocycles. The van der Waals surface area contributed by atoms with Crippen LogP contribution in [-0.4, -0.2) is 19.6 Å². The first kappa shape index (κ1) is 13.6. The molecule has 1 aliphatic rings. The van der Waals surface area contributed by atoms with Gasteiger partial charge in [0.15, 0.2) is 11.3 Å². The van der Waals surface area contributed by atoms with E-state index in [1.54, 1.807) is 7.11 Å². The topological polar surface area (TPSA) is 31.6 Å². The Morgan fingerprint density at radius 3 is 2.55 bits per heavy atom. The number of hydrogen-bond acceptors (Lipinski definition) is 3. The lowest BCUT2D eigenvalue weighted by atomic mass is 9.54. The molecule has 0 N–H and O–H groups in total. The number of fused-ring (bicyclic) bond motifs is 1. The molecule has 2 heterocycles. The summed E-state index contributed by atoms with van der Waals surface area (Å²) in [4.78, 5) is 0. The average Bonchev–Trinajstić information content (AvgIpc) is 2.88. The van der Waals surface area contributed by atoms with Crippen LogP contribution in [0.4, 0.5) is 0 Å². The first-order valence-electron chi connectivity index (χ1n) is 7.08. The fourth-order valence-electron chi connectivity index (χ4n) is 2.90. The molecule has 0 radical (unpaired) electrons. The highest BCUT2D eigenvalue weighted by Gasteiger charge is 2.50. The summed E-state index contributed by atoms with van der Waals surface area (Å²) in [5.41, 5.74) is 1.92. The highest BCUT2D eigenvalue weighted by molar-refractivity contribution is 6.70. The van der Waals surface area contributed by atoms with Crippen molar-refractivity contribution in [3.8, 4) is 5.75 Å². The second-order valence-corrected chi connectivity index (χ2v) is 6.73. The van der Waals surface area contributed by atoms with E-state index in [9.17, 15) is 0 Å². The summed E-state index contributed by atoms with van der Waals surface area (Å²) >= 11 is 0. The van der Waals surface area contributed by atoms with E-state index in [-0.39, 0.29) is 17.9 Å². The lowest BCUT2D eigenvalue weighted by Gasteiger charge is -2.34. The Morgan fingerprint density at radius 2 is 1.95 bits per heavy atom. The van der Waals surface area contributed by atoms with Gasteiger partial charge >= 0.3 is 6.92 Å². The van der Waals surface area contributed by atoms with Crippen LogP contribution in [0.2, 0.25) is 6.32 Å². The van der Waals surface area contributed by atoms with Crippen molar-refractivity contribution in [2.24, 2.45) is 5.41 Å². The van der Waals surface area contributed by atoms with Gasteiger partial charge in [0, 0.05) is 5.39 Å². The normalized spacial score (nSPS) is 20.6. The number of methoxy groups -OCH3 is 1. The van der Waals surface area contributed by atoms with Gasteiger partial charge in [0.1, 0.15) is 0 Å². The summed E-state index contributed by atoms with van der Waals surface area (Å²) in [7, 11) is 1.66. The van der Waals surface area contributed by atoms with Crippen molar-refractivity contribution in [2.45, 2.75) is 39.6 Å². The standard InChI is InChI=1S/C16H21BO3/c1-15(2)10-17(20-16(15,3)4)12-9-19-14-11(12)7-6-8-13(14)18-5/h6-9H,10H2,1-5H3.